The van der Waals surface area contributed by atoms with Gasteiger partial charge in [-0.25, -0.2) is 0 Å². The third-order valence-electron chi connectivity index (χ3n) is 3.95. The van der Waals surface area contributed by atoms with Gasteiger partial charge in [0.2, 0.25) is 0 Å². The first-order chi connectivity index (χ1) is 10.7. The summed E-state index contributed by atoms with van der Waals surface area (Å²) in [5.41, 5.74) is 2.05. The normalized spacial score (nSPS) is 22.5. The number of amidine groups is 1. The summed E-state index contributed by atoms with van der Waals surface area (Å²) in [4.78, 5) is 17.4. The van der Waals surface area contributed by atoms with Crippen molar-refractivity contribution in [1.29, 1.82) is 0 Å². The molecule has 2 aliphatic rings. The first kappa shape index (κ1) is 15.2. The molecule has 1 aliphatic heterocycles. The molecule has 1 aromatic carbocycles. The van der Waals surface area contributed by atoms with E-state index in [0.717, 1.165) is 34.9 Å². The zero-order chi connectivity index (χ0) is 15.5. The molecule has 22 heavy (non-hydrogen) atoms. The average Bonchev–Trinajstić information content (AvgIpc) is 3.10. The van der Waals surface area contributed by atoms with Crippen LogP contribution in [0, 0.1) is 6.92 Å². The smallest absolute Gasteiger partial charge is 0.264 e. The first-order valence-electron chi connectivity index (χ1n) is 7.59. The molecular weight excluding hydrogens is 296 g/mol. The molecule has 1 N–H and O–H groups in total. The van der Waals surface area contributed by atoms with E-state index in [4.69, 9.17) is 4.74 Å². The summed E-state index contributed by atoms with van der Waals surface area (Å²) in [6, 6.07) is 6.31. The van der Waals surface area contributed by atoms with Gasteiger partial charge < -0.3 is 10.1 Å². The third kappa shape index (κ3) is 3.35. The van der Waals surface area contributed by atoms with E-state index in [2.05, 4.69) is 10.3 Å². The molecule has 0 atom stereocenters. The molecule has 5 heteroatoms. The van der Waals surface area contributed by atoms with Crippen LogP contribution in [0.1, 0.15) is 36.8 Å². The van der Waals surface area contributed by atoms with Crippen molar-refractivity contribution < 1.29 is 9.53 Å². The quantitative estimate of drug-likeness (QED) is 0.868. The second kappa shape index (κ2) is 6.57. The van der Waals surface area contributed by atoms with Crippen molar-refractivity contribution in [1.82, 2.24) is 5.32 Å². The fourth-order valence-corrected chi connectivity index (χ4v) is 3.68. The number of thioether (sulfide) groups is 1. The zero-order valence-electron chi connectivity index (χ0n) is 12.9. The van der Waals surface area contributed by atoms with E-state index in [1.165, 1.54) is 24.6 Å². The van der Waals surface area contributed by atoms with Gasteiger partial charge in [0.05, 0.1) is 18.1 Å². The Hall–Kier alpha value is -1.75. The molecule has 0 aromatic heterocycles. The van der Waals surface area contributed by atoms with E-state index in [1.807, 2.05) is 31.2 Å². The molecule has 0 spiro atoms. The molecule has 116 valence electrons. The lowest BCUT2D eigenvalue weighted by Gasteiger charge is -2.06. The van der Waals surface area contributed by atoms with Gasteiger partial charge in [0.1, 0.15) is 5.75 Å². The summed E-state index contributed by atoms with van der Waals surface area (Å²) >= 11 is 1.42. The number of nitrogens with zero attached hydrogens (tertiary/aromatic N) is 1. The lowest BCUT2D eigenvalue weighted by atomic mass is 10.1. The fourth-order valence-electron chi connectivity index (χ4n) is 2.80. The van der Waals surface area contributed by atoms with Gasteiger partial charge in [-0.1, -0.05) is 24.5 Å². The number of methoxy groups -OCH3 is 1. The van der Waals surface area contributed by atoms with Gasteiger partial charge in [-0.3, -0.25) is 9.79 Å². The number of carbonyl (C=O) groups is 1. The monoisotopic (exact) mass is 316 g/mol. The molecule has 1 saturated carbocycles. The molecule has 3 rings (SSSR count). The van der Waals surface area contributed by atoms with Crippen LogP contribution in [0.3, 0.4) is 0 Å². The highest BCUT2D eigenvalue weighted by molar-refractivity contribution is 8.18. The number of aliphatic imine (C=N–C) groups is 1. The maximum absolute atomic E-state index is 12.1. The molecular formula is C17H20N2O2S. The van der Waals surface area contributed by atoms with Crippen molar-refractivity contribution in [3.63, 3.8) is 0 Å². The zero-order valence-corrected chi connectivity index (χ0v) is 13.7. The SMILES string of the molecule is COc1ccc(C)cc1/C=C1\SC(=NC2CCCC2)NC1=O. The van der Waals surface area contributed by atoms with Gasteiger partial charge >= 0.3 is 0 Å². The van der Waals surface area contributed by atoms with Crippen molar-refractivity contribution >= 4 is 28.9 Å². The topological polar surface area (TPSA) is 50.7 Å². The summed E-state index contributed by atoms with van der Waals surface area (Å²) in [7, 11) is 1.64. The summed E-state index contributed by atoms with van der Waals surface area (Å²) in [6.07, 6.45) is 6.62. The summed E-state index contributed by atoms with van der Waals surface area (Å²) < 4.78 is 5.36. The lowest BCUT2D eigenvalue weighted by molar-refractivity contribution is -0.115. The van der Waals surface area contributed by atoms with Gasteiger partial charge in [0.25, 0.3) is 5.91 Å². The van der Waals surface area contributed by atoms with E-state index in [0.29, 0.717) is 10.9 Å². The van der Waals surface area contributed by atoms with Gasteiger partial charge in [-0.05, 0) is 49.7 Å². The van der Waals surface area contributed by atoms with E-state index in [1.54, 1.807) is 7.11 Å². The summed E-state index contributed by atoms with van der Waals surface area (Å²) in [5, 5.41) is 3.60. The highest BCUT2D eigenvalue weighted by Crippen LogP contribution is 2.31. The summed E-state index contributed by atoms with van der Waals surface area (Å²) in [6.45, 7) is 2.02. The standard InChI is InChI=1S/C17H20N2O2S/c1-11-7-8-14(21-2)12(9-11)10-15-16(20)19-17(22-15)18-13-5-3-4-6-13/h7-10,13H,3-6H2,1-2H3,(H,18,19,20)/b15-10-. The molecule has 1 aromatic rings. The molecule has 1 amide bonds. The van der Waals surface area contributed by atoms with E-state index in [-0.39, 0.29) is 5.91 Å². The number of amides is 1. The predicted molar refractivity (Wildman–Crippen MR) is 91.1 cm³/mol. The Morgan fingerprint density at radius 1 is 1.36 bits per heavy atom. The van der Waals surface area contributed by atoms with Gasteiger partial charge in [0.15, 0.2) is 5.17 Å². The Morgan fingerprint density at radius 2 is 2.14 bits per heavy atom. The fraction of sp³-hybridized carbons (Fsp3) is 0.412. The average molecular weight is 316 g/mol. The highest BCUT2D eigenvalue weighted by Gasteiger charge is 2.26. The van der Waals surface area contributed by atoms with Gasteiger partial charge in [0, 0.05) is 5.56 Å². The Labute approximate surface area is 135 Å². The highest BCUT2D eigenvalue weighted by atomic mass is 32.2. The molecule has 1 aliphatic carbocycles. The van der Waals surface area contributed by atoms with Crippen molar-refractivity contribution in [3.8, 4) is 5.75 Å². The van der Waals surface area contributed by atoms with Crippen LogP contribution < -0.4 is 10.1 Å². The van der Waals surface area contributed by atoms with Crippen LogP contribution in [-0.2, 0) is 4.79 Å². The second-order valence-corrected chi connectivity index (χ2v) is 6.71. The number of benzene rings is 1. The van der Waals surface area contributed by atoms with Crippen LogP contribution in [0.25, 0.3) is 6.08 Å². The first-order valence-corrected chi connectivity index (χ1v) is 8.40. The molecule has 1 saturated heterocycles. The lowest BCUT2D eigenvalue weighted by Crippen LogP contribution is -2.21. The molecule has 1 heterocycles. The van der Waals surface area contributed by atoms with Crippen LogP contribution >= 0.6 is 11.8 Å². The minimum Gasteiger partial charge on any atom is -0.496 e. The van der Waals surface area contributed by atoms with E-state index in [9.17, 15) is 4.79 Å². The number of ether oxygens (including phenoxy) is 1. The number of hydrogen-bond donors (Lipinski definition) is 1. The Kier molecular flexibility index (Phi) is 4.52. The number of hydrogen-bond acceptors (Lipinski definition) is 4. The van der Waals surface area contributed by atoms with Gasteiger partial charge in [-0.2, -0.15) is 0 Å². The molecule has 0 radical (unpaired) electrons. The maximum atomic E-state index is 12.1. The Balaban J connectivity index is 1.83. The molecule has 0 bridgehead atoms. The van der Waals surface area contributed by atoms with Crippen LogP contribution in [-0.4, -0.2) is 24.2 Å². The largest absolute Gasteiger partial charge is 0.496 e. The minimum atomic E-state index is -0.0784. The third-order valence-corrected chi connectivity index (χ3v) is 4.87. The Morgan fingerprint density at radius 3 is 2.86 bits per heavy atom. The van der Waals surface area contributed by atoms with Crippen molar-refractivity contribution in [2.75, 3.05) is 7.11 Å². The van der Waals surface area contributed by atoms with Crippen LogP contribution in [0.4, 0.5) is 0 Å². The van der Waals surface area contributed by atoms with Gasteiger partial charge in [-0.15, -0.1) is 0 Å². The minimum absolute atomic E-state index is 0.0784. The number of carbonyl (C=O) groups excluding carboxylic acids is 1. The van der Waals surface area contributed by atoms with Crippen LogP contribution in [0.15, 0.2) is 28.1 Å². The van der Waals surface area contributed by atoms with E-state index < -0.39 is 0 Å². The van der Waals surface area contributed by atoms with E-state index >= 15 is 0 Å². The van der Waals surface area contributed by atoms with Crippen molar-refractivity contribution in [2.45, 2.75) is 38.6 Å². The Bertz CT molecular complexity index is 646. The number of aryl methyl sites for hydroxylation is 1. The predicted octanol–water partition coefficient (Wildman–Crippen LogP) is 3.51. The van der Waals surface area contributed by atoms with Crippen molar-refractivity contribution in [3.05, 3.63) is 34.2 Å². The number of rotatable bonds is 3. The number of nitrogens with one attached hydrogen (secondary N) is 1. The molecule has 2 fully saturated rings. The second-order valence-electron chi connectivity index (χ2n) is 5.68. The molecule has 0 unspecified atom stereocenters. The van der Waals surface area contributed by atoms with Crippen molar-refractivity contribution in [2.24, 2.45) is 4.99 Å². The van der Waals surface area contributed by atoms with Crippen LogP contribution in [0.2, 0.25) is 0 Å². The summed E-state index contributed by atoms with van der Waals surface area (Å²) in [5.74, 6) is 0.693. The maximum Gasteiger partial charge on any atom is 0.264 e. The van der Waals surface area contributed by atoms with Crippen LogP contribution in [0.5, 0.6) is 5.75 Å². The molecule has 4 nitrogen and oxygen atoms in total.